The molecule has 0 bridgehead atoms. The van der Waals surface area contributed by atoms with Crippen molar-refractivity contribution in [2.24, 2.45) is 0 Å². The van der Waals surface area contributed by atoms with Gasteiger partial charge in [-0.3, -0.25) is 34.9 Å². The lowest BCUT2D eigenvalue weighted by Crippen LogP contribution is -2.02. The van der Waals surface area contributed by atoms with Crippen molar-refractivity contribution in [1.29, 1.82) is 0 Å². The first kappa shape index (κ1) is 86.3. The lowest BCUT2D eigenvalue weighted by molar-refractivity contribution is -0.402. The molecule has 12 heterocycles. The number of fused-ring (bicyclic) bond motifs is 12. The number of hydrogen-bond acceptors (Lipinski definition) is 15. The van der Waals surface area contributed by atoms with Gasteiger partial charge in [0.2, 0.25) is 5.69 Å². The van der Waals surface area contributed by atoms with Crippen LogP contribution in [0, 0.1) is 76.2 Å². The van der Waals surface area contributed by atoms with Crippen LogP contribution in [0.2, 0.25) is 0 Å². The van der Waals surface area contributed by atoms with Crippen LogP contribution in [0.1, 0.15) is 72.9 Å². The molecule has 0 unspecified atom stereocenters. The van der Waals surface area contributed by atoms with E-state index < -0.39 is 0 Å². The van der Waals surface area contributed by atoms with Crippen molar-refractivity contribution in [3.8, 4) is 0 Å². The maximum Gasteiger partial charge on any atom is 0.208 e. The molecular weight excluding hydrogens is 1520 g/mol. The molecule has 10 aromatic carbocycles. The highest BCUT2D eigenvalue weighted by Gasteiger charge is 2.22. The van der Waals surface area contributed by atoms with Crippen molar-refractivity contribution in [2.45, 2.75) is 89.5 Å². The van der Waals surface area contributed by atoms with E-state index in [-0.39, 0.29) is 0 Å². The number of aromatic amines is 1. The summed E-state index contributed by atoms with van der Waals surface area (Å²) in [5.41, 5.74) is 20.9. The highest BCUT2D eigenvalue weighted by Crippen LogP contribution is 2.31. The molecule has 119 heavy (non-hydrogen) atoms. The second-order valence-corrected chi connectivity index (χ2v) is 31.7. The summed E-state index contributed by atoms with van der Waals surface area (Å²) in [6, 6.07) is 96.7. The first-order valence-corrected chi connectivity index (χ1v) is 41.6. The Morgan fingerprint density at radius 1 is 0.336 bits per heavy atom. The first-order chi connectivity index (χ1) is 57.9. The van der Waals surface area contributed by atoms with E-state index >= 15 is 0 Å². The lowest BCUT2D eigenvalue weighted by atomic mass is 10.1. The summed E-state index contributed by atoms with van der Waals surface area (Å²) in [5.74, 6) is 0.723. The molecule has 1 N–H and O–H groups in total. The van der Waals surface area contributed by atoms with Crippen molar-refractivity contribution in [3.05, 3.63) is 407 Å². The number of nitrogens with one attached hydrogen (secondary N) is 1. The fourth-order valence-electron chi connectivity index (χ4n) is 12.4. The summed E-state index contributed by atoms with van der Waals surface area (Å²) in [7, 11) is 2.13. The van der Waals surface area contributed by atoms with Gasteiger partial charge in [-0.1, -0.05) is 176 Å². The number of hydrogen-bond donors (Lipinski definition) is 1. The van der Waals surface area contributed by atoms with Gasteiger partial charge in [-0.25, -0.2) is 24.5 Å². The van der Waals surface area contributed by atoms with E-state index in [1.54, 1.807) is 77.4 Å². The molecule has 17 heteroatoms. The van der Waals surface area contributed by atoms with Gasteiger partial charge >= 0.3 is 0 Å². The third-order valence-corrected chi connectivity index (χ3v) is 21.2. The molecule has 0 saturated carbocycles. The molecule has 11 aromatic heterocycles. The predicted octanol–water partition coefficient (Wildman–Crippen LogP) is 26.8. The van der Waals surface area contributed by atoms with E-state index in [0.717, 1.165) is 83.1 Å². The summed E-state index contributed by atoms with van der Waals surface area (Å²) in [4.78, 5) is 48.8. The highest BCUT2D eigenvalue weighted by molar-refractivity contribution is 7.19. The van der Waals surface area contributed by atoms with Crippen LogP contribution in [0.4, 0.5) is 5.69 Å². The number of benzene rings is 10. The maximum atomic E-state index is 5.26. The Labute approximate surface area is 708 Å². The first-order valence-electron chi connectivity index (χ1n) is 39.2. The van der Waals surface area contributed by atoms with E-state index in [9.17, 15) is 0 Å². The molecular formula is C102H98N13OS3+. The number of para-hydroxylation sites is 6. The van der Waals surface area contributed by atoms with Gasteiger partial charge in [-0.2, -0.15) is 0 Å². The fourth-order valence-corrected chi connectivity index (χ4v) is 15.0. The fraction of sp³-hybridized carbons (Fsp3) is 0.137. The smallest absolute Gasteiger partial charge is 0.208 e. The number of nitrogens with zero attached hydrogens (tertiary/aromatic N) is 12. The minimum atomic E-state index is 0.723. The Balaban J connectivity index is 0.000000128. The quantitative estimate of drug-likeness (QED) is 0.143. The molecule has 1 aliphatic heterocycles. The topological polar surface area (TPSA) is 174 Å². The number of rotatable bonds is 0. The molecule has 594 valence electrons. The number of pyridine rings is 5. The molecule has 0 saturated heterocycles. The van der Waals surface area contributed by atoms with Gasteiger partial charge < -0.3 is 9.40 Å². The summed E-state index contributed by atoms with van der Waals surface area (Å²) >= 11 is 5.27. The Kier molecular flexibility index (Phi) is 32.3. The Bertz CT molecular complexity index is 6110. The van der Waals surface area contributed by atoms with Gasteiger partial charge in [-0.05, 0) is 205 Å². The predicted molar refractivity (Wildman–Crippen MR) is 503 cm³/mol. The second-order valence-electron chi connectivity index (χ2n) is 28.0. The third kappa shape index (κ3) is 26.7. The van der Waals surface area contributed by atoms with Crippen molar-refractivity contribution in [1.82, 2.24) is 59.8 Å². The number of aryl methyl sites for hydroxylation is 11. The van der Waals surface area contributed by atoms with Crippen molar-refractivity contribution in [3.63, 3.8) is 0 Å². The van der Waals surface area contributed by atoms with Crippen molar-refractivity contribution in [2.75, 3.05) is 7.05 Å². The van der Waals surface area contributed by atoms with Crippen LogP contribution in [-0.4, -0.2) is 77.1 Å². The standard InChI is InChI=1S/2C12H9NS.C10H12N.2C10H9N.C9H9N.C8H7NO.C8H7NS.3C6H7N.C5H6N2/c1-8-13-12-10-5-3-2-4-9(10)6-7-11(12)14-8;1-8-13-11-7-6-9-4-2-3-5-10(9)12(11)14-8;1-8-7-9-5-3-4-6-10(9)11(8)2;1-8-4-5-9-3-2-6-11-10(9)7-8;1-8-6-7-9-4-2-3-5-10(9)11-8;1-7-6-8-4-2-3-5-9(8)10-7;2*1-6-9-7-4-2-3-5-8(7)10-6;1-6-2-4-7-5-3-6;1-6-3-2-4-7-5-6;1-6-4-2-3-5-7-6;1-5-4-6-2-3-7-5/h2*2-7H,1H3;3-6H,7H2,1-2H3;2*2-7H,1H3;2-6,10H,1H3;2*2-5H,1H3;3*2-5H,1H3;2-4H,1H3/q;;+1;;;;;;;;;. The van der Waals surface area contributed by atoms with Gasteiger partial charge in [0.15, 0.2) is 17.2 Å². The Morgan fingerprint density at radius 3 is 1.59 bits per heavy atom. The van der Waals surface area contributed by atoms with Crippen LogP contribution in [-0.2, 0) is 6.42 Å². The minimum Gasteiger partial charge on any atom is -0.441 e. The summed E-state index contributed by atoms with van der Waals surface area (Å²) in [6.45, 7) is 24.3. The molecule has 0 amide bonds. The van der Waals surface area contributed by atoms with E-state index in [1.807, 2.05) is 182 Å². The highest BCUT2D eigenvalue weighted by atomic mass is 32.1. The molecule has 1 aliphatic rings. The monoisotopic (exact) mass is 1620 g/mol. The number of thiazole rings is 3. The van der Waals surface area contributed by atoms with Crippen LogP contribution in [0.15, 0.2) is 345 Å². The number of oxazole rings is 1. The minimum absolute atomic E-state index is 0.723. The maximum absolute atomic E-state index is 5.26. The number of aromatic nitrogens is 12. The number of H-pyrrole nitrogens is 1. The molecule has 0 aliphatic carbocycles. The van der Waals surface area contributed by atoms with Crippen molar-refractivity contribution < 1.29 is 8.99 Å². The third-order valence-electron chi connectivity index (χ3n) is 18.3. The van der Waals surface area contributed by atoms with Crippen LogP contribution >= 0.6 is 34.0 Å². The average Bonchev–Trinajstić information content (AvgIpc) is 1.68. The molecule has 0 radical (unpaired) electrons. The normalized spacial score (nSPS) is 10.7. The summed E-state index contributed by atoms with van der Waals surface area (Å²) in [5, 5.41) is 12.3. The van der Waals surface area contributed by atoms with Crippen LogP contribution in [0.3, 0.4) is 0 Å². The van der Waals surface area contributed by atoms with E-state index in [4.69, 9.17) is 4.42 Å². The molecule has 22 rings (SSSR count). The van der Waals surface area contributed by atoms with Crippen LogP contribution in [0.5, 0.6) is 0 Å². The zero-order chi connectivity index (χ0) is 83.7. The largest absolute Gasteiger partial charge is 0.441 e. The lowest BCUT2D eigenvalue weighted by Gasteiger charge is -1.96. The van der Waals surface area contributed by atoms with Gasteiger partial charge in [0, 0.05) is 125 Å². The zero-order valence-corrected chi connectivity index (χ0v) is 72.0. The summed E-state index contributed by atoms with van der Waals surface area (Å²) < 4.78 is 11.4. The second kappa shape index (κ2) is 44.5. The van der Waals surface area contributed by atoms with Gasteiger partial charge in [0.25, 0.3) is 0 Å². The Morgan fingerprint density at radius 2 is 0.924 bits per heavy atom. The SMILES string of the molecule is CC1=[N+](C)c2ccccc2C1.Cc1cc2ccccc2[nH]1.Cc1ccc2ccccc2n1.Cc1ccc2cccnc2c1.Cc1ccccn1.Cc1cccnc1.Cc1ccncc1.Cc1cnccn1.Cc1nc2c(ccc3ccccc32)s1.Cc1nc2ccc3ccccc3c2s1.Cc1nc2ccccc2o1.Cc1nc2ccccc2s1. The molecule has 0 atom stereocenters. The van der Waals surface area contributed by atoms with E-state index in [1.165, 1.54) is 96.7 Å². The van der Waals surface area contributed by atoms with Crippen LogP contribution in [0.25, 0.3) is 96.0 Å². The van der Waals surface area contributed by atoms with Crippen LogP contribution < -0.4 is 0 Å². The summed E-state index contributed by atoms with van der Waals surface area (Å²) in [6.07, 6.45) is 17.0. The average molecular weight is 1620 g/mol. The van der Waals surface area contributed by atoms with Gasteiger partial charge in [0.05, 0.1) is 68.8 Å². The Hall–Kier alpha value is -13.6. The molecule has 14 nitrogen and oxygen atoms in total. The molecule has 0 fully saturated rings. The van der Waals surface area contributed by atoms with E-state index in [2.05, 4.69) is 270 Å². The van der Waals surface area contributed by atoms with Gasteiger partial charge in [0.1, 0.15) is 12.6 Å². The molecule has 0 spiro atoms. The van der Waals surface area contributed by atoms with E-state index in [0.29, 0.717) is 0 Å². The molecule has 21 aromatic rings. The zero-order valence-electron chi connectivity index (χ0n) is 69.5. The van der Waals surface area contributed by atoms with Gasteiger partial charge in [-0.15, -0.1) is 34.0 Å². The van der Waals surface area contributed by atoms with Crippen molar-refractivity contribution >= 4 is 141 Å².